The van der Waals surface area contributed by atoms with Crippen LogP contribution in [0.15, 0.2) is 22.7 Å². The van der Waals surface area contributed by atoms with E-state index in [2.05, 4.69) is 41.2 Å². The van der Waals surface area contributed by atoms with E-state index < -0.39 is 0 Å². The van der Waals surface area contributed by atoms with Crippen LogP contribution in [0.3, 0.4) is 0 Å². The third-order valence-electron chi connectivity index (χ3n) is 4.44. The third-order valence-corrected chi connectivity index (χ3v) is 5.37. The van der Waals surface area contributed by atoms with Crippen molar-refractivity contribution in [2.75, 3.05) is 6.54 Å². The van der Waals surface area contributed by atoms with Gasteiger partial charge < -0.3 is 5.32 Å². The van der Waals surface area contributed by atoms with Gasteiger partial charge in [-0.05, 0) is 55.3 Å². The third kappa shape index (κ3) is 4.22. The van der Waals surface area contributed by atoms with Crippen molar-refractivity contribution >= 4 is 27.5 Å². The van der Waals surface area contributed by atoms with Crippen molar-refractivity contribution in [3.05, 3.63) is 33.3 Å². The second kappa shape index (κ2) is 7.82. The van der Waals surface area contributed by atoms with Gasteiger partial charge in [0.25, 0.3) is 0 Å². The summed E-state index contributed by atoms with van der Waals surface area (Å²) in [6.07, 6.45) is 6.56. The molecule has 0 spiro atoms. The van der Waals surface area contributed by atoms with E-state index in [1.165, 1.54) is 37.7 Å². The number of hydrogen-bond donors (Lipinski definition) is 1. The SMILES string of the molecule is CCCNC(c1ccc(Cl)cc1Br)C1CCC(C)CC1. The van der Waals surface area contributed by atoms with Crippen molar-refractivity contribution in [2.45, 2.75) is 52.0 Å². The Morgan fingerprint density at radius 2 is 2.00 bits per heavy atom. The van der Waals surface area contributed by atoms with E-state index >= 15 is 0 Å². The number of rotatable bonds is 5. The fraction of sp³-hybridized carbons (Fsp3) is 0.647. The molecule has 1 unspecified atom stereocenters. The van der Waals surface area contributed by atoms with Gasteiger partial charge in [0, 0.05) is 15.5 Å². The van der Waals surface area contributed by atoms with Crippen molar-refractivity contribution in [2.24, 2.45) is 11.8 Å². The van der Waals surface area contributed by atoms with E-state index in [0.717, 1.165) is 27.9 Å². The summed E-state index contributed by atoms with van der Waals surface area (Å²) in [5.41, 5.74) is 1.36. The summed E-state index contributed by atoms with van der Waals surface area (Å²) in [6.45, 7) is 5.68. The highest BCUT2D eigenvalue weighted by Crippen LogP contribution is 2.39. The Morgan fingerprint density at radius 3 is 2.60 bits per heavy atom. The Balaban J connectivity index is 2.17. The maximum absolute atomic E-state index is 6.08. The highest BCUT2D eigenvalue weighted by Gasteiger charge is 2.28. The van der Waals surface area contributed by atoms with Gasteiger partial charge in [0.2, 0.25) is 0 Å². The van der Waals surface area contributed by atoms with Gasteiger partial charge in [0.1, 0.15) is 0 Å². The molecule has 1 aromatic rings. The van der Waals surface area contributed by atoms with Gasteiger partial charge in [-0.3, -0.25) is 0 Å². The lowest BCUT2D eigenvalue weighted by molar-refractivity contribution is 0.231. The summed E-state index contributed by atoms with van der Waals surface area (Å²) in [7, 11) is 0. The predicted molar refractivity (Wildman–Crippen MR) is 91.3 cm³/mol. The lowest BCUT2D eigenvalue weighted by atomic mass is 9.77. The van der Waals surface area contributed by atoms with E-state index in [0.29, 0.717) is 6.04 Å². The molecule has 2 rings (SSSR count). The molecule has 1 fully saturated rings. The molecular weight excluding hydrogens is 334 g/mol. The molecule has 1 aliphatic carbocycles. The molecule has 1 aromatic carbocycles. The van der Waals surface area contributed by atoms with Gasteiger partial charge >= 0.3 is 0 Å². The predicted octanol–water partition coefficient (Wildman–Crippen LogP) is 5.97. The largest absolute Gasteiger partial charge is 0.310 e. The molecule has 1 nitrogen and oxygen atoms in total. The standard InChI is InChI=1S/C17H25BrClN/c1-3-10-20-17(13-6-4-12(2)5-7-13)15-9-8-14(19)11-16(15)18/h8-9,11-13,17,20H,3-7,10H2,1-2H3. The van der Waals surface area contributed by atoms with Crippen molar-refractivity contribution < 1.29 is 0 Å². The van der Waals surface area contributed by atoms with Crippen LogP contribution in [0.25, 0.3) is 0 Å². The van der Waals surface area contributed by atoms with Crippen LogP contribution in [0.2, 0.25) is 5.02 Å². The van der Waals surface area contributed by atoms with E-state index in [9.17, 15) is 0 Å². The molecule has 0 bridgehead atoms. The summed E-state index contributed by atoms with van der Waals surface area (Å²) in [4.78, 5) is 0. The summed E-state index contributed by atoms with van der Waals surface area (Å²) in [6, 6.07) is 6.66. The first kappa shape index (κ1) is 16.3. The topological polar surface area (TPSA) is 12.0 Å². The van der Waals surface area contributed by atoms with Gasteiger partial charge in [0.15, 0.2) is 0 Å². The summed E-state index contributed by atoms with van der Waals surface area (Å²) in [5, 5.41) is 4.56. The van der Waals surface area contributed by atoms with Crippen LogP contribution in [0, 0.1) is 11.8 Å². The molecule has 112 valence electrons. The Kier molecular flexibility index (Phi) is 6.38. The molecule has 3 heteroatoms. The molecule has 0 saturated heterocycles. The average molecular weight is 359 g/mol. The molecular formula is C17H25BrClN. The molecule has 0 aliphatic heterocycles. The normalized spacial score (nSPS) is 24.6. The fourth-order valence-corrected chi connectivity index (χ4v) is 4.13. The van der Waals surface area contributed by atoms with Gasteiger partial charge in [-0.1, -0.05) is 60.3 Å². The quantitative estimate of drug-likeness (QED) is 0.683. The molecule has 0 radical (unpaired) electrons. The molecule has 20 heavy (non-hydrogen) atoms. The second-order valence-electron chi connectivity index (χ2n) is 6.12. The Morgan fingerprint density at radius 1 is 1.30 bits per heavy atom. The highest BCUT2D eigenvalue weighted by molar-refractivity contribution is 9.10. The molecule has 0 amide bonds. The summed E-state index contributed by atoms with van der Waals surface area (Å²) in [5.74, 6) is 1.64. The zero-order valence-corrected chi connectivity index (χ0v) is 14.8. The molecule has 1 N–H and O–H groups in total. The monoisotopic (exact) mass is 357 g/mol. The Hall–Kier alpha value is -0.0500. The molecule has 0 heterocycles. The van der Waals surface area contributed by atoms with Crippen molar-refractivity contribution in [3.8, 4) is 0 Å². The summed E-state index contributed by atoms with van der Waals surface area (Å²) < 4.78 is 1.14. The Labute approximate surface area is 136 Å². The molecule has 0 aromatic heterocycles. The van der Waals surface area contributed by atoms with Crippen molar-refractivity contribution in [1.82, 2.24) is 5.32 Å². The number of benzene rings is 1. The minimum Gasteiger partial charge on any atom is -0.310 e. The smallest absolute Gasteiger partial charge is 0.0417 e. The van der Waals surface area contributed by atoms with Crippen molar-refractivity contribution in [3.63, 3.8) is 0 Å². The second-order valence-corrected chi connectivity index (χ2v) is 7.41. The van der Waals surface area contributed by atoms with Crippen LogP contribution in [-0.4, -0.2) is 6.54 Å². The lowest BCUT2D eigenvalue weighted by Crippen LogP contribution is -2.31. The maximum Gasteiger partial charge on any atom is 0.0417 e. The van der Waals surface area contributed by atoms with Crippen LogP contribution in [-0.2, 0) is 0 Å². The minimum absolute atomic E-state index is 0.453. The lowest BCUT2D eigenvalue weighted by Gasteiger charge is -2.34. The molecule has 1 atom stereocenters. The van der Waals surface area contributed by atoms with Crippen molar-refractivity contribution in [1.29, 1.82) is 0 Å². The fourth-order valence-electron chi connectivity index (χ4n) is 3.20. The van der Waals surface area contributed by atoms with E-state index in [1.54, 1.807) is 0 Å². The Bertz CT molecular complexity index is 427. The minimum atomic E-state index is 0.453. The van der Waals surface area contributed by atoms with Crippen LogP contribution in [0.1, 0.15) is 57.6 Å². The van der Waals surface area contributed by atoms with Gasteiger partial charge in [-0.2, -0.15) is 0 Å². The van der Waals surface area contributed by atoms with E-state index in [4.69, 9.17) is 11.6 Å². The summed E-state index contributed by atoms with van der Waals surface area (Å²) >= 11 is 9.77. The first-order valence-corrected chi connectivity index (χ1v) is 8.97. The van der Waals surface area contributed by atoms with E-state index in [1.807, 2.05) is 12.1 Å². The highest BCUT2D eigenvalue weighted by atomic mass is 79.9. The van der Waals surface area contributed by atoms with Gasteiger partial charge in [0.05, 0.1) is 0 Å². The van der Waals surface area contributed by atoms with Crippen LogP contribution in [0.5, 0.6) is 0 Å². The first-order valence-electron chi connectivity index (χ1n) is 7.80. The molecule has 1 saturated carbocycles. The number of nitrogens with one attached hydrogen (secondary N) is 1. The van der Waals surface area contributed by atoms with E-state index in [-0.39, 0.29) is 0 Å². The average Bonchev–Trinajstić information content (AvgIpc) is 2.42. The van der Waals surface area contributed by atoms with Crippen LogP contribution < -0.4 is 5.32 Å². The van der Waals surface area contributed by atoms with Gasteiger partial charge in [-0.15, -0.1) is 0 Å². The number of hydrogen-bond acceptors (Lipinski definition) is 1. The zero-order valence-electron chi connectivity index (χ0n) is 12.5. The zero-order chi connectivity index (χ0) is 14.5. The van der Waals surface area contributed by atoms with Crippen LogP contribution in [0.4, 0.5) is 0 Å². The molecule has 1 aliphatic rings. The maximum atomic E-state index is 6.08. The number of halogens is 2. The van der Waals surface area contributed by atoms with Gasteiger partial charge in [-0.25, -0.2) is 0 Å². The first-order chi connectivity index (χ1) is 9.61. The van der Waals surface area contributed by atoms with Crippen LogP contribution >= 0.6 is 27.5 Å².